The van der Waals surface area contributed by atoms with E-state index in [1.165, 1.54) is 5.56 Å². The van der Waals surface area contributed by atoms with E-state index >= 15 is 0 Å². The van der Waals surface area contributed by atoms with Crippen molar-refractivity contribution in [3.8, 4) is 5.75 Å². The third kappa shape index (κ3) is 11.7. The van der Waals surface area contributed by atoms with Crippen LogP contribution in [0.15, 0.2) is 24.3 Å². The normalized spacial score (nSPS) is 9.82. The number of aliphatic carboxylic acids is 2. The van der Waals surface area contributed by atoms with Gasteiger partial charge in [0.1, 0.15) is 12.4 Å². The summed E-state index contributed by atoms with van der Waals surface area (Å²) in [6.07, 6.45) is 0. The Morgan fingerprint density at radius 2 is 1.55 bits per heavy atom. The van der Waals surface area contributed by atoms with E-state index in [2.05, 4.69) is 11.8 Å². The summed E-state index contributed by atoms with van der Waals surface area (Å²) < 4.78 is 11.0. The molecule has 0 aliphatic heterocycles. The molecular formula is C15H23NO6. The van der Waals surface area contributed by atoms with Gasteiger partial charge in [0.05, 0.1) is 13.2 Å². The number of aryl methyl sites for hydroxylation is 1. The molecule has 2 N–H and O–H groups in total. The Morgan fingerprint density at radius 3 is 2.00 bits per heavy atom. The van der Waals surface area contributed by atoms with Gasteiger partial charge in [-0.3, -0.25) is 0 Å². The second kappa shape index (κ2) is 11.5. The summed E-state index contributed by atoms with van der Waals surface area (Å²) in [5.74, 6) is -2.74. The number of ether oxygens (including phenoxy) is 2. The summed E-state index contributed by atoms with van der Waals surface area (Å²) in [5.41, 5.74) is 1.24. The maximum atomic E-state index is 9.10. The lowest BCUT2D eigenvalue weighted by molar-refractivity contribution is -0.159. The van der Waals surface area contributed by atoms with Crippen LogP contribution >= 0.6 is 0 Å². The minimum absolute atomic E-state index is 0.608. The number of likely N-dealkylation sites (N-methyl/N-ethyl adjacent to an activating group) is 1. The molecule has 22 heavy (non-hydrogen) atoms. The summed E-state index contributed by atoms with van der Waals surface area (Å²) in [5, 5.41) is 14.8. The average molecular weight is 313 g/mol. The van der Waals surface area contributed by atoms with Gasteiger partial charge in [-0.2, -0.15) is 0 Å². The fraction of sp³-hybridized carbons (Fsp3) is 0.467. The van der Waals surface area contributed by atoms with Crippen molar-refractivity contribution in [2.75, 3.05) is 40.5 Å². The summed E-state index contributed by atoms with van der Waals surface area (Å²) in [4.78, 5) is 20.3. The van der Waals surface area contributed by atoms with Crippen molar-refractivity contribution in [3.63, 3.8) is 0 Å². The van der Waals surface area contributed by atoms with Crippen LogP contribution in [0.3, 0.4) is 0 Å². The van der Waals surface area contributed by atoms with Gasteiger partial charge in [0.15, 0.2) is 0 Å². The molecule has 0 fully saturated rings. The molecule has 0 spiro atoms. The van der Waals surface area contributed by atoms with E-state index in [0.29, 0.717) is 13.2 Å². The van der Waals surface area contributed by atoms with Crippen LogP contribution in [0.1, 0.15) is 5.56 Å². The molecule has 1 rings (SSSR count). The Morgan fingerprint density at radius 1 is 1.00 bits per heavy atom. The topological polar surface area (TPSA) is 96.3 Å². The van der Waals surface area contributed by atoms with E-state index in [4.69, 9.17) is 29.3 Å². The number of carboxylic acid groups (broad SMARTS) is 2. The molecular weight excluding hydrogens is 290 g/mol. The first-order valence-electron chi connectivity index (χ1n) is 6.71. The van der Waals surface area contributed by atoms with Crippen LogP contribution in [0, 0.1) is 6.92 Å². The predicted octanol–water partition coefficient (Wildman–Crippen LogP) is 1.11. The van der Waals surface area contributed by atoms with Gasteiger partial charge in [-0.05, 0) is 33.2 Å². The standard InChI is InChI=1S/C13H21NO2.C2H2O4/c1-12-4-6-13(7-5-12)16-11-10-15-9-8-14(2)3;3-1(4)2(5)6/h4-7H,8-11H2,1-3H3;(H,3,4)(H,5,6). The van der Waals surface area contributed by atoms with Crippen molar-refractivity contribution in [2.45, 2.75) is 6.92 Å². The SMILES string of the molecule is Cc1ccc(OCCOCCN(C)C)cc1.O=C(O)C(=O)O. The number of hydrogen-bond acceptors (Lipinski definition) is 5. The highest BCUT2D eigenvalue weighted by Crippen LogP contribution is 2.10. The largest absolute Gasteiger partial charge is 0.491 e. The van der Waals surface area contributed by atoms with Gasteiger partial charge in [0, 0.05) is 6.54 Å². The number of benzene rings is 1. The molecule has 0 bridgehead atoms. The van der Waals surface area contributed by atoms with Crippen molar-refractivity contribution in [3.05, 3.63) is 29.8 Å². The van der Waals surface area contributed by atoms with Crippen molar-refractivity contribution < 1.29 is 29.3 Å². The molecule has 0 heterocycles. The molecule has 7 nitrogen and oxygen atoms in total. The lowest BCUT2D eigenvalue weighted by atomic mass is 10.2. The minimum Gasteiger partial charge on any atom is -0.491 e. The molecule has 7 heteroatoms. The number of rotatable bonds is 7. The van der Waals surface area contributed by atoms with Gasteiger partial charge in [-0.1, -0.05) is 17.7 Å². The Bertz CT molecular complexity index is 432. The van der Waals surface area contributed by atoms with Crippen LogP contribution < -0.4 is 4.74 Å². The molecule has 1 aromatic rings. The Kier molecular flexibility index (Phi) is 10.4. The van der Waals surface area contributed by atoms with E-state index in [9.17, 15) is 0 Å². The average Bonchev–Trinajstić information content (AvgIpc) is 2.45. The number of hydrogen-bond donors (Lipinski definition) is 2. The molecule has 0 atom stereocenters. The Labute approximate surface area is 130 Å². The molecule has 0 aromatic heterocycles. The zero-order valence-electron chi connectivity index (χ0n) is 13.1. The molecule has 0 saturated heterocycles. The first-order valence-corrected chi connectivity index (χ1v) is 6.71. The Balaban J connectivity index is 0.000000626. The molecule has 0 unspecified atom stereocenters. The quantitative estimate of drug-likeness (QED) is 0.575. The molecule has 0 amide bonds. The molecule has 124 valence electrons. The maximum Gasteiger partial charge on any atom is 0.414 e. The third-order valence-corrected chi connectivity index (χ3v) is 2.38. The van der Waals surface area contributed by atoms with Crippen molar-refractivity contribution in [1.29, 1.82) is 0 Å². The number of carboxylic acids is 2. The van der Waals surface area contributed by atoms with Crippen molar-refractivity contribution in [1.82, 2.24) is 4.90 Å². The van der Waals surface area contributed by atoms with Crippen LogP contribution in [0.2, 0.25) is 0 Å². The predicted molar refractivity (Wildman–Crippen MR) is 81.3 cm³/mol. The van der Waals surface area contributed by atoms with E-state index in [1.54, 1.807) is 0 Å². The van der Waals surface area contributed by atoms with E-state index in [-0.39, 0.29) is 0 Å². The van der Waals surface area contributed by atoms with E-state index < -0.39 is 11.9 Å². The highest BCUT2D eigenvalue weighted by molar-refractivity contribution is 6.27. The van der Waals surface area contributed by atoms with Crippen LogP contribution in [0.5, 0.6) is 5.75 Å². The summed E-state index contributed by atoms with van der Waals surface area (Å²) >= 11 is 0. The second-order valence-corrected chi connectivity index (χ2v) is 4.69. The van der Waals surface area contributed by atoms with Crippen molar-refractivity contribution >= 4 is 11.9 Å². The lowest BCUT2D eigenvalue weighted by Gasteiger charge is -2.10. The first kappa shape index (κ1) is 19.9. The zero-order chi connectivity index (χ0) is 17.0. The van der Waals surface area contributed by atoms with Crippen LogP contribution in [0.4, 0.5) is 0 Å². The monoisotopic (exact) mass is 313 g/mol. The van der Waals surface area contributed by atoms with Crippen LogP contribution in [-0.4, -0.2) is 67.5 Å². The Hall–Kier alpha value is -2.12. The van der Waals surface area contributed by atoms with Gasteiger partial charge in [-0.25, -0.2) is 9.59 Å². The maximum absolute atomic E-state index is 9.10. The number of carbonyl (C=O) groups is 2. The minimum atomic E-state index is -1.82. The van der Waals surface area contributed by atoms with Gasteiger partial charge < -0.3 is 24.6 Å². The highest BCUT2D eigenvalue weighted by Gasteiger charge is 2.04. The summed E-state index contributed by atoms with van der Waals surface area (Å²) in [7, 11) is 4.07. The van der Waals surface area contributed by atoms with E-state index in [1.807, 2.05) is 38.4 Å². The van der Waals surface area contributed by atoms with Crippen LogP contribution in [0.25, 0.3) is 0 Å². The summed E-state index contributed by atoms with van der Waals surface area (Å²) in [6, 6.07) is 8.05. The molecule has 0 saturated carbocycles. The fourth-order valence-electron chi connectivity index (χ4n) is 1.20. The first-order chi connectivity index (χ1) is 10.3. The number of nitrogens with zero attached hydrogens (tertiary/aromatic N) is 1. The van der Waals surface area contributed by atoms with Gasteiger partial charge >= 0.3 is 11.9 Å². The van der Waals surface area contributed by atoms with Crippen molar-refractivity contribution in [2.24, 2.45) is 0 Å². The smallest absolute Gasteiger partial charge is 0.414 e. The highest BCUT2D eigenvalue weighted by atomic mass is 16.5. The van der Waals surface area contributed by atoms with E-state index in [0.717, 1.165) is 18.9 Å². The van der Waals surface area contributed by atoms with Gasteiger partial charge in [0.2, 0.25) is 0 Å². The molecule has 0 aliphatic rings. The summed E-state index contributed by atoms with van der Waals surface area (Å²) in [6.45, 7) is 5.02. The molecule has 0 radical (unpaired) electrons. The lowest BCUT2D eigenvalue weighted by Crippen LogP contribution is -2.19. The van der Waals surface area contributed by atoms with Gasteiger partial charge in [0.25, 0.3) is 0 Å². The van der Waals surface area contributed by atoms with Crippen LogP contribution in [-0.2, 0) is 14.3 Å². The molecule has 0 aliphatic carbocycles. The zero-order valence-corrected chi connectivity index (χ0v) is 13.1. The molecule has 1 aromatic carbocycles. The van der Waals surface area contributed by atoms with Gasteiger partial charge in [-0.15, -0.1) is 0 Å². The third-order valence-electron chi connectivity index (χ3n) is 2.38. The fourth-order valence-corrected chi connectivity index (χ4v) is 1.20. The second-order valence-electron chi connectivity index (χ2n) is 4.69.